The fourth-order valence-corrected chi connectivity index (χ4v) is 2.97. The molecule has 0 aliphatic carbocycles. The molecule has 2 rings (SSSR count). The van der Waals surface area contributed by atoms with E-state index in [0.717, 1.165) is 11.8 Å². The summed E-state index contributed by atoms with van der Waals surface area (Å²) in [6, 6.07) is 6.32. The SMILES string of the molecule is CO/N=C/[C@@H]1[C@H](N(C=O)OCc2ccccc2)C(=O)N1S(=O)(=O)O.[NaH]. The summed E-state index contributed by atoms with van der Waals surface area (Å²) in [6.07, 6.45) is 1.22. The van der Waals surface area contributed by atoms with Crippen molar-refractivity contribution < 1.29 is 32.2 Å². The van der Waals surface area contributed by atoms with Gasteiger partial charge in [0, 0.05) is 0 Å². The van der Waals surface area contributed by atoms with Crippen molar-refractivity contribution in [3.63, 3.8) is 0 Å². The van der Waals surface area contributed by atoms with Crippen molar-refractivity contribution in [3.05, 3.63) is 35.9 Å². The summed E-state index contributed by atoms with van der Waals surface area (Å²) in [5.74, 6) is -1.02. The molecule has 1 heterocycles. The Bertz CT molecular complexity index is 728. The predicted octanol–water partition coefficient (Wildman–Crippen LogP) is -1.06. The Hall–Kier alpha value is -1.50. The summed E-state index contributed by atoms with van der Waals surface area (Å²) in [4.78, 5) is 32.9. The maximum absolute atomic E-state index is 12.0. The van der Waals surface area contributed by atoms with Gasteiger partial charge in [0.15, 0.2) is 6.04 Å². The molecule has 1 aliphatic rings. The number of carbonyl (C=O) groups is 2. The van der Waals surface area contributed by atoms with Gasteiger partial charge in [0.05, 0.1) is 6.21 Å². The van der Waals surface area contributed by atoms with E-state index in [1.165, 1.54) is 7.11 Å². The third-order valence-corrected chi connectivity index (χ3v) is 4.15. The average molecular weight is 381 g/mol. The van der Waals surface area contributed by atoms with Crippen molar-refractivity contribution in [1.82, 2.24) is 9.37 Å². The fraction of sp³-hybridized carbons (Fsp3) is 0.308. The van der Waals surface area contributed by atoms with Gasteiger partial charge in [-0.25, -0.2) is 9.37 Å². The molecule has 12 heteroatoms. The van der Waals surface area contributed by atoms with Gasteiger partial charge in [-0.3, -0.25) is 19.0 Å². The van der Waals surface area contributed by atoms with E-state index in [0.29, 0.717) is 5.06 Å². The Labute approximate surface area is 166 Å². The molecule has 2 atom stereocenters. The number of amides is 2. The van der Waals surface area contributed by atoms with Gasteiger partial charge >= 0.3 is 39.9 Å². The van der Waals surface area contributed by atoms with Crippen LogP contribution in [0.25, 0.3) is 0 Å². The first-order valence-corrected chi connectivity index (χ1v) is 8.07. The van der Waals surface area contributed by atoms with Crippen LogP contribution in [0.1, 0.15) is 5.56 Å². The second kappa shape index (κ2) is 9.27. The average Bonchev–Trinajstić information content (AvgIpc) is 2.54. The van der Waals surface area contributed by atoms with E-state index in [1.54, 1.807) is 30.3 Å². The third kappa shape index (κ3) is 5.00. The van der Waals surface area contributed by atoms with Crippen LogP contribution < -0.4 is 0 Å². The van der Waals surface area contributed by atoms with Gasteiger partial charge in [0.2, 0.25) is 6.41 Å². The molecular weight excluding hydrogens is 365 g/mol. The summed E-state index contributed by atoms with van der Waals surface area (Å²) >= 11 is 0. The van der Waals surface area contributed by atoms with E-state index in [1.807, 2.05) is 0 Å². The first kappa shape index (κ1) is 21.5. The molecule has 2 amide bonds. The van der Waals surface area contributed by atoms with Gasteiger partial charge in [-0.1, -0.05) is 35.5 Å². The number of hydrogen-bond donors (Lipinski definition) is 1. The van der Waals surface area contributed by atoms with Crippen molar-refractivity contribution in [2.24, 2.45) is 5.16 Å². The van der Waals surface area contributed by atoms with Crippen molar-refractivity contribution in [3.8, 4) is 0 Å². The van der Waals surface area contributed by atoms with E-state index in [4.69, 9.17) is 9.39 Å². The number of oxime groups is 1. The van der Waals surface area contributed by atoms with E-state index in [2.05, 4.69) is 9.99 Å². The van der Waals surface area contributed by atoms with Crippen LogP contribution in [-0.2, 0) is 36.2 Å². The summed E-state index contributed by atoms with van der Waals surface area (Å²) < 4.78 is 31.8. The molecule has 0 bridgehead atoms. The summed E-state index contributed by atoms with van der Waals surface area (Å²) in [5, 5.41) is 4.07. The molecule has 0 spiro atoms. The fourth-order valence-electron chi connectivity index (χ4n) is 2.16. The van der Waals surface area contributed by atoms with Gasteiger partial charge in [-0.15, -0.1) is 0 Å². The third-order valence-electron chi connectivity index (χ3n) is 3.23. The second-order valence-electron chi connectivity index (χ2n) is 4.71. The summed E-state index contributed by atoms with van der Waals surface area (Å²) in [7, 11) is -3.58. The number of carbonyl (C=O) groups excluding carboxylic acids is 2. The molecule has 1 N–H and O–H groups in total. The number of hydroxylamine groups is 2. The Morgan fingerprint density at radius 3 is 2.52 bits per heavy atom. The zero-order valence-corrected chi connectivity index (χ0v) is 13.4. The molecule has 1 saturated heterocycles. The van der Waals surface area contributed by atoms with Crippen LogP contribution >= 0.6 is 0 Å². The normalized spacial score (nSPS) is 19.9. The van der Waals surface area contributed by atoms with E-state index < -0.39 is 28.3 Å². The molecule has 132 valence electrons. The monoisotopic (exact) mass is 381 g/mol. The summed E-state index contributed by atoms with van der Waals surface area (Å²) in [6.45, 7) is -0.0105. The van der Waals surface area contributed by atoms with Gasteiger partial charge < -0.3 is 4.84 Å². The molecule has 0 radical (unpaired) electrons. The first-order valence-electron chi connectivity index (χ1n) is 6.68. The van der Waals surface area contributed by atoms with Crippen molar-refractivity contribution in [2.75, 3.05) is 7.11 Å². The molecule has 1 aliphatic heterocycles. The van der Waals surface area contributed by atoms with Crippen LogP contribution in [0, 0.1) is 0 Å². The zero-order valence-electron chi connectivity index (χ0n) is 12.5. The predicted molar refractivity (Wildman–Crippen MR) is 87.8 cm³/mol. The second-order valence-corrected chi connectivity index (χ2v) is 6.00. The summed E-state index contributed by atoms with van der Waals surface area (Å²) in [5.41, 5.74) is 0.741. The minimum absolute atomic E-state index is 0. The van der Waals surface area contributed by atoms with Gasteiger partial charge in [-0.05, 0) is 5.56 Å². The van der Waals surface area contributed by atoms with Crippen LogP contribution in [0.4, 0.5) is 0 Å². The molecule has 1 aromatic carbocycles. The Kier molecular flexibility index (Phi) is 7.99. The minimum atomic E-state index is -4.80. The van der Waals surface area contributed by atoms with E-state index in [9.17, 15) is 18.0 Å². The van der Waals surface area contributed by atoms with Gasteiger partial charge in [0.1, 0.15) is 19.8 Å². The molecular formula is C13H16N3NaO7S. The maximum atomic E-state index is 12.0. The van der Waals surface area contributed by atoms with E-state index >= 15 is 0 Å². The van der Waals surface area contributed by atoms with Crippen LogP contribution in [0.2, 0.25) is 0 Å². The Morgan fingerprint density at radius 1 is 1.36 bits per heavy atom. The van der Waals surface area contributed by atoms with Gasteiger partial charge in [0.25, 0.3) is 5.91 Å². The molecule has 1 aromatic rings. The van der Waals surface area contributed by atoms with Crippen LogP contribution in [0.15, 0.2) is 35.5 Å². The van der Waals surface area contributed by atoms with Crippen molar-refractivity contribution >= 4 is 58.4 Å². The number of hydrogen-bond acceptors (Lipinski definition) is 7. The van der Waals surface area contributed by atoms with Crippen molar-refractivity contribution in [2.45, 2.75) is 18.7 Å². The quantitative estimate of drug-likeness (QED) is 0.152. The molecule has 0 unspecified atom stereocenters. The molecule has 0 aromatic heterocycles. The topological polar surface area (TPSA) is 126 Å². The Balaban J connectivity index is 0.00000312. The number of nitrogens with zero attached hydrogens (tertiary/aromatic N) is 3. The number of β-lactam (4-membered cyclic amide) rings is 1. The van der Waals surface area contributed by atoms with E-state index in [-0.39, 0.29) is 46.9 Å². The van der Waals surface area contributed by atoms with Crippen LogP contribution in [-0.4, -0.2) is 89.6 Å². The molecule has 10 nitrogen and oxygen atoms in total. The zero-order chi connectivity index (χ0) is 17.7. The number of benzene rings is 1. The van der Waals surface area contributed by atoms with Crippen LogP contribution in [0.3, 0.4) is 0 Å². The molecule has 25 heavy (non-hydrogen) atoms. The molecule has 1 fully saturated rings. The van der Waals surface area contributed by atoms with Crippen molar-refractivity contribution in [1.29, 1.82) is 0 Å². The first-order chi connectivity index (χ1) is 11.4. The molecule has 0 saturated carbocycles. The van der Waals surface area contributed by atoms with Crippen LogP contribution in [0.5, 0.6) is 0 Å². The van der Waals surface area contributed by atoms with Gasteiger partial charge in [-0.2, -0.15) is 8.42 Å². The number of rotatable bonds is 8. The Morgan fingerprint density at radius 2 is 2.00 bits per heavy atom. The standard InChI is InChI=1S/C13H15N3O7S.Na.H/c1-22-14-7-11-12(13(18)16(11)24(19,20)21)15(9-17)23-8-10-5-3-2-4-6-10;;/h2-7,9,11-12H,8H2,1H3,(H,19,20,21);;/b14-7+;;/t11-,12+;;/m1../s1.